The van der Waals surface area contributed by atoms with Gasteiger partial charge in [0.25, 0.3) is 5.56 Å². The van der Waals surface area contributed by atoms with Crippen molar-refractivity contribution in [2.45, 2.75) is 12.2 Å². The Morgan fingerprint density at radius 3 is 1.86 bits per heavy atom. The Labute approximate surface area is 167 Å². The number of hydrogen-bond donors (Lipinski definition) is 1. The summed E-state index contributed by atoms with van der Waals surface area (Å²) in [6.07, 6.45) is 7.76. The molecule has 146 valence electrons. The number of pyridine rings is 2. The number of aromatic nitrogens is 4. The number of rotatable bonds is 6. The minimum atomic E-state index is -0.399. The van der Waals surface area contributed by atoms with E-state index in [0.717, 1.165) is 27.6 Å². The Bertz CT molecular complexity index is 1160. The fourth-order valence-electron chi connectivity index (χ4n) is 3.59. The van der Waals surface area contributed by atoms with Crippen molar-refractivity contribution < 1.29 is 9.47 Å². The van der Waals surface area contributed by atoms with Crippen LogP contribution in [-0.2, 0) is 9.47 Å². The summed E-state index contributed by atoms with van der Waals surface area (Å²) in [7, 11) is 3.30. The normalized spacial score (nSPS) is 13.3. The van der Waals surface area contributed by atoms with E-state index in [4.69, 9.17) is 9.47 Å². The number of nitrogens with zero attached hydrogens (tertiary/aromatic N) is 3. The highest BCUT2D eigenvalue weighted by Gasteiger charge is 2.25. The standard InChI is InChI=1S/C22H20N4O3/c1-28-20(14-3-7-23-8-4-14)18-11-16-13-25-26-22(27)17(16)12-19(18)21(29-2)15-5-9-24-10-6-15/h3-13,20-21H,1-2H3,(H,26,27). The van der Waals surface area contributed by atoms with Gasteiger partial charge in [0.05, 0.1) is 11.6 Å². The topological polar surface area (TPSA) is 90.0 Å². The summed E-state index contributed by atoms with van der Waals surface area (Å²) in [4.78, 5) is 20.6. The fourth-order valence-corrected chi connectivity index (χ4v) is 3.59. The molecule has 0 aliphatic rings. The molecule has 29 heavy (non-hydrogen) atoms. The van der Waals surface area contributed by atoms with E-state index in [9.17, 15) is 4.79 Å². The van der Waals surface area contributed by atoms with Crippen LogP contribution >= 0.6 is 0 Å². The predicted molar refractivity (Wildman–Crippen MR) is 109 cm³/mol. The molecular formula is C22H20N4O3. The van der Waals surface area contributed by atoms with E-state index >= 15 is 0 Å². The molecule has 1 aromatic carbocycles. The third-order valence-electron chi connectivity index (χ3n) is 4.92. The summed E-state index contributed by atoms with van der Waals surface area (Å²) in [5.41, 5.74) is 3.36. The third-order valence-corrected chi connectivity index (χ3v) is 4.92. The molecule has 0 saturated carbocycles. The number of aromatic amines is 1. The molecule has 7 heteroatoms. The zero-order valence-corrected chi connectivity index (χ0v) is 16.1. The molecular weight excluding hydrogens is 368 g/mol. The minimum Gasteiger partial charge on any atom is -0.372 e. The summed E-state index contributed by atoms with van der Waals surface area (Å²) < 4.78 is 11.7. The zero-order valence-electron chi connectivity index (χ0n) is 16.1. The lowest BCUT2D eigenvalue weighted by Crippen LogP contribution is -2.15. The van der Waals surface area contributed by atoms with Crippen LogP contribution in [0, 0.1) is 0 Å². The number of H-pyrrole nitrogens is 1. The van der Waals surface area contributed by atoms with E-state index in [1.165, 1.54) is 0 Å². The van der Waals surface area contributed by atoms with Gasteiger partial charge in [-0.3, -0.25) is 14.8 Å². The first-order chi connectivity index (χ1) is 14.2. The highest BCUT2D eigenvalue weighted by atomic mass is 16.5. The molecule has 0 saturated heterocycles. The molecule has 3 heterocycles. The number of nitrogens with one attached hydrogen (secondary N) is 1. The SMILES string of the molecule is COC(c1ccncc1)c1cc2cn[nH]c(=O)c2cc1C(OC)c1ccncc1. The van der Waals surface area contributed by atoms with E-state index in [0.29, 0.717) is 5.39 Å². The summed E-state index contributed by atoms with van der Waals surface area (Å²) in [6, 6.07) is 11.4. The van der Waals surface area contributed by atoms with Gasteiger partial charge in [-0.15, -0.1) is 0 Å². The number of hydrogen-bond acceptors (Lipinski definition) is 6. The highest BCUT2D eigenvalue weighted by molar-refractivity contribution is 5.83. The van der Waals surface area contributed by atoms with Gasteiger partial charge in [0.1, 0.15) is 12.2 Å². The maximum absolute atomic E-state index is 12.4. The highest BCUT2D eigenvalue weighted by Crippen LogP contribution is 2.36. The van der Waals surface area contributed by atoms with Crippen LogP contribution in [0.4, 0.5) is 0 Å². The van der Waals surface area contributed by atoms with Gasteiger partial charge in [-0.25, -0.2) is 5.10 Å². The van der Waals surface area contributed by atoms with Gasteiger partial charge in [0.2, 0.25) is 0 Å². The van der Waals surface area contributed by atoms with Crippen LogP contribution in [0.5, 0.6) is 0 Å². The molecule has 4 rings (SSSR count). The van der Waals surface area contributed by atoms with Gasteiger partial charge in [-0.05, 0) is 58.7 Å². The fraction of sp³-hybridized carbons (Fsp3) is 0.182. The van der Waals surface area contributed by atoms with E-state index < -0.39 is 6.10 Å². The Balaban J connectivity index is 1.99. The number of fused-ring (bicyclic) bond motifs is 1. The van der Waals surface area contributed by atoms with Crippen LogP contribution in [-0.4, -0.2) is 34.4 Å². The van der Waals surface area contributed by atoms with Gasteiger partial charge < -0.3 is 9.47 Å². The Kier molecular flexibility index (Phi) is 5.41. The van der Waals surface area contributed by atoms with Crippen molar-refractivity contribution in [3.05, 3.63) is 100.0 Å². The van der Waals surface area contributed by atoms with Gasteiger partial charge >= 0.3 is 0 Å². The molecule has 0 aliphatic heterocycles. The summed E-state index contributed by atoms with van der Waals surface area (Å²) in [6.45, 7) is 0. The summed E-state index contributed by atoms with van der Waals surface area (Å²) in [5.74, 6) is 0. The largest absolute Gasteiger partial charge is 0.372 e. The summed E-state index contributed by atoms with van der Waals surface area (Å²) in [5, 5.41) is 7.70. The number of ether oxygens (including phenoxy) is 2. The van der Waals surface area contributed by atoms with Crippen LogP contribution < -0.4 is 5.56 Å². The molecule has 0 fully saturated rings. The lowest BCUT2D eigenvalue weighted by molar-refractivity contribution is 0.118. The van der Waals surface area contributed by atoms with Crippen LogP contribution in [0.2, 0.25) is 0 Å². The van der Waals surface area contributed by atoms with Gasteiger partial charge in [0, 0.05) is 44.4 Å². The smallest absolute Gasteiger partial charge is 0.272 e. The molecule has 2 atom stereocenters. The Morgan fingerprint density at radius 1 is 0.828 bits per heavy atom. The van der Waals surface area contributed by atoms with Gasteiger partial charge in [-0.1, -0.05) is 0 Å². The van der Waals surface area contributed by atoms with E-state index in [1.807, 2.05) is 36.4 Å². The van der Waals surface area contributed by atoms with Crippen molar-refractivity contribution in [2.75, 3.05) is 14.2 Å². The van der Waals surface area contributed by atoms with Crippen molar-refractivity contribution in [3.8, 4) is 0 Å². The monoisotopic (exact) mass is 388 g/mol. The van der Waals surface area contributed by atoms with Crippen LogP contribution in [0.3, 0.4) is 0 Å². The van der Waals surface area contributed by atoms with E-state index in [1.54, 1.807) is 45.2 Å². The first-order valence-corrected chi connectivity index (χ1v) is 9.09. The average Bonchev–Trinajstić information content (AvgIpc) is 2.77. The average molecular weight is 388 g/mol. The van der Waals surface area contributed by atoms with Crippen molar-refractivity contribution in [3.63, 3.8) is 0 Å². The molecule has 7 nitrogen and oxygen atoms in total. The molecule has 2 unspecified atom stereocenters. The molecule has 4 aromatic rings. The van der Waals surface area contributed by atoms with E-state index in [-0.39, 0.29) is 11.7 Å². The second-order valence-electron chi connectivity index (χ2n) is 6.56. The van der Waals surface area contributed by atoms with E-state index in [2.05, 4.69) is 20.2 Å². The van der Waals surface area contributed by atoms with Crippen LogP contribution in [0.25, 0.3) is 10.8 Å². The Hall–Kier alpha value is -3.42. The lowest BCUT2D eigenvalue weighted by Gasteiger charge is -2.25. The minimum absolute atomic E-state index is 0.252. The number of methoxy groups -OCH3 is 2. The molecule has 0 radical (unpaired) electrons. The van der Waals surface area contributed by atoms with Gasteiger partial charge in [0.15, 0.2) is 0 Å². The van der Waals surface area contributed by atoms with Crippen molar-refractivity contribution in [1.82, 2.24) is 20.2 Å². The maximum Gasteiger partial charge on any atom is 0.272 e. The molecule has 1 N–H and O–H groups in total. The van der Waals surface area contributed by atoms with Crippen LogP contribution in [0.1, 0.15) is 34.5 Å². The van der Waals surface area contributed by atoms with Crippen LogP contribution in [0.15, 0.2) is 72.2 Å². The van der Waals surface area contributed by atoms with Crippen molar-refractivity contribution >= 4 is 10.8 Å². The van der Waals surface area contributed by atoms with Crippen molar-refractivity contribution in [2.24, 2.45) is 0 Å². The quantitative estimate of drug-likeness (QED) is 0.546. The lowest BCUT2D eigenvalue weighted by atomic mass is 9.89. The predicted octanol–water partition coefficient (Wildman–Crippen LogP) is 3.18. The first-order valence-electron chi connectivity index (χ1n) is 9.09. The van der Waals surface area contributed by atoms with Crippen molar-refractivity contribution in [1.29, 1.82) is 0 Å². The summed E-state index contributed by atoms with van der Waals surface area (Å²) >= 11 is 0. The molecule has 0 bridgehead atoms. The Morgan fingerprint density at radius 2 is 1.34 bits per heavy atom. The third kappa shape index (κ3) is 3.65. The molecule has 3 aromatic heterocycles. The number of benzene rings is 1. The second-order valence-corrected chi connectivity index (χ2v) is 6.56. The molecule has 0 aliphatic carbocycles. The molecule has 0 amide bonds. The van der Waals surface area contributed by atoms with Gasteiger partial charge in [-0.2, -0.15) is 5.10 Å². The maximum atomic E-state index is 12.4. The second kappa shape index (κ2) is 8.30. The zero-order chi connectivity index (χ0) is 20.2. The first kappa shape index (κ1) is 18.9. The molecule has 0 spiro atoms.